The van der Waals surface area contributed by atoms with E-state index in [4.69, 9.17) is 11.1 Å². The molecular formula is C21H42Cl2N4S2. The summed E-state index contributed by atoms with van der Waals surface area (Å²) < 4.78 is 0. The second-order valence-corrected chi connectivity index (χ2v) is 11.1. The van der Waals surface area contributed by atoms with E-state index >= 15 is 0 Å². The Balaban J connectivity index is 0.00000392. The summed E-state index contributed by atoms with van der Waals surface area (Å²) in [7, 11) is 0. The van der Waals surface area contributed by atoms with Crippen molar-refractivity contribution < 1.29 is 35.2 Å². The fraction of sp³-hybridized carbons (Fsp3) is 0.905. The number of thioether (sulfide) groups is 2. The van der Waals surface area contributed by atoms with Crippen LogP contribution in [0, 0.1) is 11.8 Å². The molecule has 29 heavy (non-hydrogen) atoms. The summed E-state index contributed by atoms with van der Waals surface area (Å²) in [5.41, 5.74) is 7.17. The number of hydrogen-bond acceptors (Lipinski definition) is 3. The zero-order valence-corrected chi connectivity index (χ0v) is 21.4. The average Bonchev–Trinajstić information content (AvgIpc) is 2.65. The maximum atomic E-state index is 6.14. The van der Waals surface area contributed by atoms with Crippen LogP contribution >= 0.6 is 23.5 Å². The Labute approximate surface area is 199 Å². The Morgan fingerprint density at radius 3 is 2.10 bits per heavy atom. The van der Waals surface area contributed by atoms with Crippen LogP contribution < -0.4 is 46.3 Å². The van der Waals surface area contributed by atoms with Crippen molar-refractivity contribution in [3.05, 3.63) is 0 Å². The molecule has 4 atom stereocenters. The molecule has 0 heterocycles. The molecule has 2 aliphatic rings. The van der Waals surface area contributed by atoms with Gasteiger partial charge in [-0.25, -0.2) is 0 Å². The fourth-order valence-electron chi connectivity index (χ4n) is 3.56. The van der Waals surface area contributed by atoms with Crippen molar-refractivity contribution in [1.82, 2.24) is 5.32 Å². The molecule has 0 radical (unpaired) electrons. The molecule has 172 valence electrons. The van der Waals surface area contributed by atoms with E-state index in [0.29, 0.717) is 0 Å². The lowest BCUT2D eigenvalue weighted by molar-refractivity contribution is -0.453. The minimum atomic E-state index is 0. The normalized spacial score (nSPS) is 25.9. The summed E-state index contributed by atoms with van der Waals surface area (Å²) in [5.74, 6) is 5.15. The number of nitrogens with one attached hydrogen (secondary N) is 2. The lowest BCUT2D eigenvalue weighted by Crippen LogP contribution is -3.00. The van der Waals surface area contributed by atoms with Gasteiger partial charge in [0.05, 0.1) is 13.1 Å². The van der Waals surface area contributed by atoms with E-state index in [-0.39, 0.29) is 24.8 Å². The Hall–Kier alpha value is 0.380. The third-order valence-electron chi connectivity index (χ3n) is 6.03. The zero-order valence-electron chi connectivity index (χ0n) is 18.2. The molecule has 8 heteroatoms. The third kappa shape index (κ3) is 12.1. The topological polar surface area (TPSA) is 77.6 Å². The van der Waals surface area contributed by atoms with Crippen LogP contribution in [0.1, 0.15) is 65.2 Å². The first-order chi connectivity index (χ1) is 13.1. The lowest BCUT2D eigenvalue weighted by atomic mass is 9.87. The Kier molecular flexibility index (Phi) is 17.2. The van der Waals surface area contributed by atoms with E-state index in [0.717, 1.165) is 79.2 Å². The number of rotatable bonds is 15. The van der Waals surface area contributed by atoms with Gasteiger partial charge in [-0.1, -0.05) is 13.8 Å². The number of amidine groups is 1. The van der Waals surface area contributed by atoms with Crippen molar-refractivity contribution in [2.45, 2.75) is 75.7 Å². The second-order valence-electron chi connectivity index (χ2n) is 8.42. The van der Waals surface area contributed by atoms with E-state index in [1.807, 2.05) is 0 Å². The zero-order chi connectivity index (χ0) is 19.5. The van der Waals surface area contributed by atoms with E-state index < -0.39 is 0 Å². The van der Waals surface area contributed by atoms with Gasteiger partial charge in [-0.05, 0) is 50.4 Å². The number of unbranched alkanes of at least 4 members (excludes halogenated alkanes) is 1. The van der Waals surface area contributed by atoms with Crippen molar-refractivity contribution in [2.24, 2.45) is 17.6 Å². The fourth-order valence-corrected chi connectivity index (χ4v) is 6.19. The highest BCUT2D eigenvalue weighted by molar-refractivity contribution is 8.00. The molecule has 0 spiro atoms. The van der Waals surface area contributed by atoms with E-state index in [1.54, 1.807) is 0 Å². The van der Waals surface area contributed by atoms with E-state index in [1.165, 1.54) is 37.2 Å². The summed E-state index contributed by atoms with van der Waals surface area (Å²) in [6, 6.07) is 0. The average molecular weight is 486 g/mol. The lowest BCUT2D eigenvalue weighted by Gasteiger charge is -2.33. The van der Waals surface area contributed by atoms with Crippen LogP contribution in [0.3, 0.4) is 0 Å². The summed E-state index contributed by atoms with van der Waals surface area (Å²) in [6.07, 6.45) is 9.84. The van der Waals surface area contributed by atoms with Crippen molar-refractivity contribution in [1.29, 1.82) is 0 Å². The van der Waals surface area contributed by atoms with Crippen LogP contribution in [0.4, 0.5) is 0 Å². The maximum absolute atomic E-state index is 6.14. The molecule has 2 rings (SSSR count). The van der Waals surface area contributed by atoms with Gasteiger partial charge in [0, 0.05) is 41.4 Å². The molecule has 2 aliphatic carbocycles. The number of hydrogen-bond donors (Lipinski definition) is 4. The van der Waals surface area contributed by atoms with Crippen LogP contribution in [0.5, 0.6) is 0 Å². The first-order valence-electron chi connectivity index (χ1n) is 11.0. The monoisotopic (exact) mass is 484 g/mol. The molecule has 0 amide bonds. The molecule has 0 saturated heterocycles. The minimum Gasteiger partial charge on any atom is -1.00 e. The smallest absolute Gasteiger partial charge is 0.240 e. The summed E-state index contributed by atoms with van der Waals surface area (Å²) >= 11 is 4.23. The quantitative estimate of drug-likeness (QED) is 0.106. The van der Waals surface area contributed by atoms with Crippen LogP contribution in [-0.4, -0.2) is 53.2 Å². The van der Waals surface area contributed by atoms with Gasteiger partial charge in [-0.3, -0.25) is 16.1 Å². The van der Waals surface area contributed by atoms with Gasteiger partial charge in [0.25, 0.3) is 0 Å². The van der Waals surface area contributed by atoms with E-state index in [9.17, 15) is 0 Å². The Morgan fingerprint density at radius 1 is 0.966 bits per heavy atom. The van der Waals surface area contributed by atoms with Crippen molar-refractivity contribution in [3.8, 4) is 0 Å². The van der Waals surface area contributed by atoms with Crippen molar-refractivity contribution in [3.63, 3.8) is 0 Å². The number of nitrogens with two attached hydrogens (primary N) is 2. The minimum absolute atomic E-state index is 0. The molecule has 0 aromatic carbocycles. The summed E-state index contributed by atoms with van der Waals surface area (Å²) in [5, 5.41) is 11.4. The van der Waals surface area contributed by atoms with Gasteiger partial charge in [0.15, 0.2) is 5.71 Å². The predicted octanol–water partition coefficient (Wildman–Crippen LogP) is -5.15. The first kappa shape index (κ1) is 29.4. The molecule has 0 aliphatic heterocycles. The highest BCUT2D eigenvalue weighted by Crippen LogP contribution is 2.37. The molecule has 2 saturated carbocycles. The second kappa shape index (κ2) is 17.0. The van der Waals surface area contributed by atoms with Crippen LogP contribution in [-0.2, 0) is 0 Å². The molecule has 4 nitrogen and oxygen atoms in total. The van der Waals surface area contributed by atoms with Crippen LogP contribution in [0.2, 0.25) is 0 Å². The molecule has 0 aromatic rings. The van der Waals surface area contributed by atoms with Crippen LogP contribution in [0.25, 0.3) is 0 Å². The largest absolute Gasteiger partial charge is 1.00 e. The standard InChI is InChI=1S/C21H40N4S2.2ClH/c1-16-7-9-19(16)26-13-11-24-15-18(22)5-3-4-6-21(23)25-12-14-27-20-10-8-17(20)2;;/h16-17,19-20,22,24H,3-15H2,1-2H3,(H2,23,25);2*1H. The molecule has 4 unspecified atom stereocenters. The highest BCUT2D eigenvalue weighted by Gasteiger charge is 2.27. The maximum Gasteiger partial charge on any atom is 0.240 e. The summed E-state index contributed by atoms with van der Waals surface area (Å²) in [6.45, 7) is 7.65. The van der Waals surface area contributed by atoms with Gasteiger partial charge in [-0.15, -0.1) is 0 Å². The highest BCUT2D eigenvalue weighted by atomic mass is 35.5. The van der Waals surface area contributed by atoms with Gasteiger partial charge < -0.3 is 30.1 Å². The third-order valence-corrected chi connectivity index (χ3v) is 9.16. The van der Waals surface area contributed by atoms with Gasteiger partial charge in [0.1, 0.15) is 0 Å². The first-order valence-corrected chi connectivity index (χ1v) is 13.0. The van der Waals surface area contributed by atoms with Crippen molar-refractivity contribution in [2.75, 3.05) is 31.1 Å². The van der Waals surface area contributed by atoms with Crippen LogP contribution in [0.15, 0.2) is 0 Å². The van der Waals surface area contributed by atoms with Gasteiger partial charge in [0.2, 0.25) is 5.84 Å². The van der Waals surface area contributed by atoms with E-state index in [2.05, 4.69) is 47.7 Å². The Bertz CT molecular complexity index is 480. The molecule has 0 aromatic heterocycles. The predicted molar refractivity (Wildman–Crippen MR) is 123 cm³/mol. The molecular weight excluding hydrogens is 443 g/mol. The summed E-state index contributed by atoms with van der Waals surface area (Å²) in [4.78, 5) is 3.38. The Morgan fingerprint density at radius 2 is 1.55 bits per heavy atom. The number of halogens is 2. The van der Waals surface area contributed by atoms with Gasteiger partial charge >= 0.3 is 0 Å². The van der Waals surface area contributed by atoms with Gasteiger partial charge in [-0.2, -0.15) is 23.5 Å². The molecule has 2 fully saturated rings. The SMILES string of the molecule is CC1CCC1SCCNCC(=[NH2+])CCCCC(N)=[NH+]CCSC1CCC1C.[Cl-].[Cl-]. The molecule has 0 bridgehead atoms. The van der Waals surface area contributed by atoms with Crippen molar-refractivity contribution >= 4 is 35.1 Å². The molecule has 6 N–H and O–H groups in total.